The van der Waals surface area contributed by atoms with E-state index in [-0.39, 0.29) is 0 Å². The molecule has 1 heteroatoms. The van der Waals surface area contributed by atoms with Crippen LogP contribution in [0.4, 0.5) is 0 Å². The largest absolute Gasteiger partial charge is 0.313 e. The predicted octanol–water partition coefficient (Wildman–Crippen LogP) is 5.11. The number of aryl methyl sites for hydroxylation is 2. The van der Waals surface area contributed by atoms with Crippen molar-refractivity contribution < 1.29 is 0 Å². The Morgan fingerprint density at radius 1 is 0.857 bits per heavy atom. The highest BCUT2D eigenvalue weighted by atomic mass is 14.8. The molecule has 1 N–H and O–H groups in total. The van der Waals surface area contributed by atoms with Gasteiger partial charge in [0.1, 0.15) is 0 Å². The number of nitrogens with one attached hydrogen (secondary N) is 1. The predicted molar refractivity (Wildman–Crippen MR) is 92.6 cm³/mol. The smallest absolute Gasteiger partial charge is 0.0205 e. The molecule has 2 rings (SSSR count). The molecule has 112 valence electrons. The molecule has 2 aromatic rings. The summed E-state index contributed by atoms with van der Waals surface area (Å²) in [5.41, 5.74) is 6.82. The van der Waals surface area contributed by atoms with Gasteiger partial charge >= 0.3 is 0 Å². The molecule has 0 saturated carbocycles. The molecule has 0 aliphatic carbocycles. The quantitative estimate of drug-likeness (QED) is 0.695. The third kappa shape index (κ3) is 4.44. The summed E-state index contributed by atoms with van der Waals surface area (Å²) in [4.78, 5) is 0. The molecule has 21 heavy (non-hydrogen) atoms. The Balaban J connectivity index is 2.12. The first kappa shape index (κ1) is 15.8. The summed E-state index contributed by atoms with van der Waals surface area (Å²) in [7, 11) is 0. The zero-order chi connectivity index (χ0) is 15.1. The highest BCUT2D eigenvalue weighted by molar-refractivity contribution is 5.67. The van der Waals surface area contributed by atoms with E-state index in [1.807, 2.05) is 0 Å². The van der Waals surface area contributed by atoms with Crippen molar-refractivity contribution in [2.45, 2.75) is 46.6 Å². The Morgan fingerprint density at radius 3 is 2.19 bits per heavy atom. The standard InChI is InChI=1S/C20H27N/c1-4-6-17-7-10-19(11-8-17)20-12-9-18(14-16(20)3)15-21-13-5-2/h7-12,14,21H,4-6,13,15H2,1-3H3. The van der Waals surface area contributed by atoms with E-state index in [1.165, 1.54) is 47.1 Å². The second-order valence-electron chi connectivity index (χ2n) is 5.77. The van der Waals surface area contributed by atoms with Crippen molar-refractivity contribution in [3.63, 3.8) is 0 Å². The van der Waals surface area contributed by atoms with Crippen molar-refractivity contribution in [3.8, 4) is 11.1 Å². The van der Waals surface area contributed by atoms with Crippen molar-refractivity contribution in [2.75, 3.05) is 6.54 Å². The van der Waals surface area contributed by atoms with Crippen LogP contribution in [0.25, 0.3) is 11.1 Å². The van der Waals surface area contributed by atoms with Crippen LogP contribution >= 0.6 is 0 Å². The third-order valence-electron chi connectivity index (χ3n) is 3.85. The van der Waals surface area contributed by atoms with Crippen molar-refractivity contribution in [1.82, 2.24) is 5.32 Å². The van der Waals surface area contributed by atoms with Crippen molar-refractivity contribution in [3.05, 3.63) is 59.2 Å². The van der Waals surface area contributed by atoms with Gasteiger partial charge < -0.3 is 5.32 Å². The van der Waals surface area contributed by atoms with E-state index in [2.05, 4.69) is 68.6 Å². The maximum absolute atomic E-state index is 3.46. The number of rotatable bonds is 7. The summed E-state index contributed by atoms with van der Waals surface area (Å²) >= 11 is 0. The molecule has 0 atom stereocenters. The summed E-state index contributed by atoms with van der Waals surface area (Å²) in [6, 6.07) is 15.8. The second kappa shape index (κ2) is 7.99. The van der Waals surface area contributed by atoms with Crippen LogP contribution in [0.3, 0.4) is 0 Å². The molecule has 0 aliphatic rings. The Morgan fingerprint density at radius 2 is 1.57 bits per heavy atom. The first-order chi connectivity index (χ1) is 10.2. The molecule has 0 saturated heterocycles. The average Bonchev–Trinajstić information content (AvgIpc) is 2.49. The van der Waals surface area contributed by atoms with E-state index in [0.29, 0.717) is 0 Å². The fourth-order valence-electron chi connectivity index (χ4n) is 2.71. The maximum atomic E-state index is 3.46. The fourth-order valence-corrected chi connectivity index (χ4v) is 2.71. The van der Waals surface area contributed by atoms with Crippen LogP contribution in [0.2, 0.25) is 0 Å². The van der Waals surface area contributed by atoms with Crippen LogP contribution in [-0.4, -0.2) is 6.54 Å². The lowest BCUT2D eigenvalue weighted by Gasteiger charge is -2.10. The van der Waals surface area contributed by atoms with Crippen LogP contribution in [0.15, 0.2) is 42.5 Å². The van der Waals surface area contributed by atoms with Gasteiger partial charge in [-0.25, -0.2) is 0 Å². The fraction of sp³-hybridized carbons (Fsp3) is 0.400. The summed E-state index contributed by atoms with van der Waals surface area (Å²) < 4.78 is 0. The van der Waals surface area contributed by atoms with Crippen molar-refractivity contribution in [1.29, 1.82) is 0 Å². The topological polar surface area (TPSA) is 12.0 Å². The monoisotopic (exact) mass is 281 g/mol. The Kier molecular flexibility index (Phi) is 6.01. The van der Waals surface area contributed by atoms with Crippen LogP contribution in [0.1, 0.15) is 43.4 Å². The second-order valence-corrected chi connectivity index (χ2v) is 5.77. The van der Waals surface area contributed by atoms with Gasteiger partial charge in [-0.2, -0.15) is 0 Å². The van der Waals surface area contributed by atoms with Crippen molar-refractivity contribution in [2.24, 2.45) is 0 Å². The Labute approximate surface area is 129 Å². The van der Waals surface area contributed by atoms with Crippen LogP contribution in [-0.2, 0) is 13.0 Å². The number of hydrogen-bond acceptors (Lipinski definition) is 1. The van der Waals surface area contributed by atoms with Gasteiger partial charge in [-0.15, -0.1) is 0 Å². The van der Waals surface area contributed by atoms with Gasteiger partial charge in [0.25, 0.3) is 0 Å². The highest BCUT2D eigenvalue weighted by Gasteiger charge is 2.03. The van der Waals surface area contributed by atoms with E-state index in [4.69, 9.17) is 0 Å². The first-order valence-corrected chi connectivity index (χ1v) is 8.14. The van der Waals surface area contributed by atoms with Gasteiger partial charge in [-0.3, -0.25) is 0 Å². The number of benzene rings is 2. The molecular weight excluding hydrogens is 254 g/mol. The van der Waals surface area contributed by atoms with Crippen molar-refractivity contribution >= 4 is 0 Å². The van der Waals surface area contributed by atoms with E-state index in [0.717, 1.165) is 13.1 Å². The molecule has 0 fully saturated rings. The lowest BCUT2D eigenvalue weighted by atomic mass is 9.97. The molecule has 0 unspecified atom stereocenters. The minimum Gasteiger partial charge on any atom is -0.313 e. The van der Waals surface area contributed by atoms with E-state index < -0.39 is 0 Å². The summed E-state index contributed by atoms with van der Waals surface area (Å²) in [5, 5.41) is 3.46. The lowest BCUT2D eigenvalue weighted by molar-refractivity contribution is 0.675. The van der Waals surface area contributed by atoms with Gasteiger partial charge in [0.2, 0.25) is 0 Å². The van der Waals surface area contributed by atoms with E-state index in [9.17, 15) is 0 Å². The SMILES string of the molecule is CCCNCc1ccc(-c2ccc(CCC)cc2)c(C)c1. The van der Waals surface area contributed by atoms with Gasteiger partial charge in [-0.05, 0) is 54.1 Å². The molecule has 2 aromatic carbocycles. The lowest BCUT2D eigenvalue weighted by Crippen LogP contribution is -2.13. The average molecular weight is 281 g/mol. The Bertz CT molecular complexity index is 555. The van der Waals surface area contributed by atoms with E-state index in [1.54, 1.807) is 0 Å². The summed E-state index contributed by atoms with van der Waals surface area (Å²) in [5.74, 6) is 0. The minimum absolute atomic E-state index is 0.963. The Hall–Kier alpha value is -1.60. The van der Waals surface area contributed by atoms with Gasteiger partial charge in [-0.1, -0.05) is 62.7 Å². The molecule has 0 spiro atoms. The van der Waals surface area contributed by atoms with Crippen LogP contribution in [0, 0.1) is 6.92 Å². The summed E-state index contributed by atoms with van der Waals surface area (Å²) in [6.07, 6.45) is 3.56. The minimum atomic E-state index is 0.963. The van der Waals surface area contributed by atoms with Gasteiger partial charge in [0.05, 0.1) is 0 Å². The van der Waals surface area contributed by atoms with E-state index >= 15 is 0 Å². The van der Waals surface area contributed by atoms with Crippen LogP contribution in [0.5, 0.6) is 0 Å². The van der Waals surface area contributed by atoms with Gasteiger partial charge in [0, 0.05) is 6.54 Å². The van der Waals surface area contributed by atoms with Gasteiger partial charge in [0.15, 0.2) is 0 Å². The summed E-state index contributed by atoms with van der Waals surface area (Å²) in [6.45, 7) is 8.68. The first-order valence-electron chi connectivity index (χ1n) is 8.14. The maximum Gasteiger partial charge on any atom is 0.0205 e. The zero-order valence-electron chi connectivity index (χ0n) is 13.6. The molecular formula is C20H27N. The molecule has 0 bridgehead atoms. The normalized spacial score (nSPS) is 10.8. The molecule has 0 heterocycles. The van der Waals surface area contributed by atoms with Crippen LogP contribution < -0.4 is 5.32 Å². The zero-order valence-corrected chi connectivity index (χ0v) is 13.6. The third-order valence-corrected chi connectivity index (χ3v) is 3.85. The number of hydrogen-bond donors (Lipinski definition) is 1. The molecule has 0 amide bonds. The molecule has 0 radical (unpaired) electrons. The molecule has 0 aliphatic heterocycles. The highest BCUT2D eigenvalue weighted by Crippen LogP contribution is 2.25. The molecule has 1 nitrogen and oxygen atoms in total. The molecule has 0 aromatic heterocycles.